The van der Waals surface area contributed by atoms with Gasteiger partial charge in [0.15, 0.2) is 11.3 Å². The highest BCUT2D eigenvalue weighted by molar-refractivity contribution is 6.32. The summed E-state index contributed by atoms with van der Waals surface area (Å²) in [7, 11) is 1.66. The van der Waals surface area contributed by atoms with Crippen LogP contribution in [0.25, 0.3) is 11.3 Å². The Kier molecular flexibility index (Phi) is 11.1. The molecular weight excluding hydrogens is 777 g/mol. The van der Waals surface area contributed by atoms with Gasteiger partial charge in [-0.3, -0.25) is 9.59 Å². The fourth-order valence-corrected chi connectivity index (χ4v) is 6.82. The van der Waals surface area contributed by atoms with Gasteiger partial charge >= 0.3 is 0 Å². The Hall–Kier alpha value is -5.78. The second kappa shape index (κ2) is 16.1. The first kappa shape index (κ1) is 38.5. The van der Waals surface area contributed by atoms with E-state index in [9.17, 15) is 23.5 Å². The molecule has 2 aliphatic heterocycles. The van der Waals surface area contributed by atoms with Crippen molar-refractivity contribution in [2.45, 2.75) is 26.1 Å². The zero-order valence-corrected chi connectivity index (χ0v) is 31.7. The fourth-order valence-electron chi connectivity index (χ4n) is 6.20. The van der Waals surface area contributed by atoms with Crippen LogP contribution in [0.15, 0.2) is 61.2 Å². The van der Waals surface area contributed by atoms with Crippen LogP contribution >= 0.6 is 23.2 Å². The molecular formula is C37H34Cl2F2N8O7. The maximum atomic E-state index is 14.1. The van der Waals surface area contributed by atoms with Crippen molar-refractivity contribution in [2.24, 2.45) is 0 Å². The summed E-state index contributed by atoms with van der Waals surface area (Å²) < 4.78 is 54.4. The minimum absolute atomic E-state index is 0.0644. The lowest BCUT2D eigenvalue weighted by Crippen LogP contribution is -2.36. The molecule has 0 spiro atoms. The fraction of sp³-hybridized carbons (Fsp3) is 0.297. The van der Waals surface area contributed by atoms with Crippen molar-refractivity contribution in [1.82, 2.24) is 39.0 Å². The van der Waals surface area contributed by atoms with Crippen LogP contribution in [0.2, 0.25) is 10.0 Å². The first-order valence-corrected chi connectivity index (χ1v) is 18.1. The highest BCUT2D eigenvalue weighted by Crippen LogP contribution is 2.38. The standard InChI is InChI=1S/C19H18ClFN4O4.C18H16ClFN4O3/c1-11-16-14(3-2-13(21)17(16)20)28-9-7-24(6-8-26)19(27)12-10-22-25-5-4-15(29-11)23-18(12)25;1-10-15-13(4-3-12(20)16(15)19)26-8-7-23(2)18(25)11-9-21-24-6-5-14(27-10)22-17(11)24/h2-5,10-11,26H,6-9H2,1H3;3-6,9-10H,7-8H2,1-2H3/t11-;10-/m11/s1. The molecule has 19 heteroatoms. The Labute approximate surface area is 327 Å². The summed E-state index contributed by atoms with van der Waals surface area (Å²) in [5, 5.41) is 17.5. The second-order valence-corrected chi connectivity index (χ2v) is 13.4. The third-order valence-electron chi connectivity index (χ3n) is 9.05. The van der Waals surface area contributed by atoms with Crippen molar-refractivity contribution in [3.63, 3.8) is 0 Å². The molecule has 2 aliphatic rings. The normalized spacial score (nSPS) is 17.4. The molecule has 292 valence electrons. The molecule has 0 radical (unpaired) electrons. The number of ether oxygens (including phenoxy) is 4. The minimum atomic E-state index is -0.667. The van der Waals surface area contributed by atoms with Crippen molar-refractivity contribution >= 4 is 46.3 Å². The maximum absolute atomic E-state index is 14.1. The first-order chi connectivity index (χ1) is 26.9. The number of nitrogens with zero attached hydrogens (tertiary/aromatic N) is 8. The topological polar surface area (TPSA) is 158 Å². The highest BCUT2D eigenvalue weighted by Gasteiger charge is 2.27. The molecule has 1 N–H and O–H groups in total. The number of halogens is 4. The monoisotopic (exact) mass is 810 g/mol. The second-order valence-electron chi connectivity index (χ2n) is 12.7. The van der Waals surface area contributed by atoms with Crippen LogP contribution in [0.1, 0.15) is 57.9 Å². The number of rotatable bonds is 2. The van der Waals surface area contributed by atoms with Gasteiger partial charge in [0.25, 0.3) is 11.8 Å². The van der Waals surface area contributed by atoms with Gasteiger partial charge in [-0.05, 0) is 38.1 Å². The molecule has 15 nitrogen and oxygen atoms in total. The Morgan fingerprint density at radius 2 is 1.23 bits per heavy atom. The van der Waals surface area contributed by atoms with Gasteiger partial charge in [-0.2, -0.15) is 20.2 Å². The van der Waals surface area contributed by atoms with Crippen LogP contribution in [0, 0.1) is 11.6 Å². The van der Waals surface area contributed by atoms with Crippen molar-refractivity contribution in [3.8, 4) is 23.3 Å². The Balaban J connectivity index is 0.000000172. The van der Waals surface area contributed by atoms with Gasteiger partial charge in [0, 0.05) is 38.1 Å². The van der Waals surface area contributed by atoms with Crippen LogP contribution in [0.5, 0.6) is 23.3 Å². The van der Waals surface area contributed by atoms with Crippen molar-refractivity contribution in [3.05, 3.63) is 105 Å². The number of aliphatic hydroxyl groups is 1. The summed E-state index contributed by atoms with van der Waals surface area (Å²) >= 11 is 12.4. The van der Waals surface area contributed by atoms with Crippen molar-refractivity contribution < 1.29 is 42.4 Å². The van der Waals surface area contributed by atoms with E-state index in [4.69, 9.17) is 42.1 Å². The number of hydrogen-bond donors (Lipinski definition) is 1. The van der Waals surface area contributed by atoms with Gasteiger partial charge in [0.05, 0.1) is 53.3 Å². The number of fused-ring (bicyclic) bond motifs is 4. The summed E-state index contributed by atoms with van der Waals surface area (Å²) in [5.74, 6) is -0.493. The van der Waals surface area contributed by atoms with Crippen LogP contribution in [-0.2, 0) is 0 Å². The van der Waals surface area contributed by atoms with Crippen LogP contribution < -0.4 is 18.9 Å². The number of hydrogen-bond acceptors (Lipinski definition) is 11. The van der Waals surface area contributed by atoms with Gasteiger partial charge in [0.2, 0.25) is 11.8 Å². The van der Waals surface area contributed by atoms with E-state index in [1.807, 2.05) is 0 Å². The number of aromatic nitrogens is 6. The molecule has 0 fully saturated rings. The molecule has 0 saturated carbocycles. The molecule has 6 aromatic rings. The predicted octanol–water partition coefficient (Wildman–Crippen LogP) is 5.61. The van der Waals surface area contributed by atoms with E-state index >= 15 is 0 Å². The van der Waals surface area contributed by atoms with E-state index in [1.54, 1.807) is 45.4 Å². The quantitative estimate of drug-likeness (QED) is 0.232. The Bertz CT molecular complexity index is 2450. The predicted molar refractivity (Wildman–Crippen MR) is 198 cm³/mol. The van der Waals surface area contributed by atoms with Crippen LogP contribution in [-0.4, -0.2) is 102 Å². The molecule has 0 saturated heterocycles. The van der Waals surface area contributed by atoms with Crippen molar-refractivity contribution in [1.29, 1.82) is 0 Å². The SMILES string of the molecule is C[C@H]1Oc2ccn3ncc(c3n2)C(=O)N(C)CCOc2ccc(F)c(Cl)c21.C[C@H]1Oc2ccn3ncc(c3n2)C(=O)N(CCO)CCOc2ccc(F)c(Cl)c21. The molecule has 0 aliphatic carbocycles. The number of likely N-dealkylation sites (N-methyl/N-ethyl adjacent to an activating group) is 1. The Morgan fingerprint density at radius 3 is 1.73 bits per heavy atom. The molecule has 0 unspecified atom stereocenters. The molecule has 6 heterocycles. The molecule has 2 aromatic carbocycles. The summed E-state index contributed by atoms with van der Waals surface area (Å²) in [5.41, 5.74) is 2.06. The highest BCUT2D eigenvalue weighted by atomic mass is 35.5. The van der Waals surface area contributed by atoms with Gasteiger partial charge in [-0.1, -0.05) is 23.2 Å². The van der Waals surface area contributed by atoms with Gasteiger partial charge in [-0.25, -0.2) is 17.8 Å². The van der Waals surface area contributed by atoms with Gasteiger partial charge in [-0.15, -0.1) is 0 Å². The van der Waals surface area contributed by atoms with Crippen LogP contribution in [0.3, 0.4) is 0 Å². The van der Waals surface area contributed by atoms with Crippen LogP contribution in [0.4, 0.5) is 8.78 Å². The average Bonchev–Trinajstić information content (AvgIpc) is 3.80. The van der Waals surface area contributed by atoms with E-state index in [-0.39, 0.29) is 72.1 Å². The zero-order valence-electron chi connectivity index (χ0n) is 30.2. The van der Waals surface area contributed by atoms with E-state index in [2.05, 4.69) is 20.2 Å². The molecule has 2 amide bonds. The lowest BCUT2D eigenvalue weighted by molar-refractivity contribution is 0.0694. The number of amides is 2. The molecule has 4 bridgehead atoms. The number of carbonyl (C=O) groups is 2. The molecule has 2 atom stereocenters. The lowest BCUT2D eigenvalue weighted by Gasteiger charge is -2.22. The first-order valence-electron chi connectivity index (χ1n) is 17.3. The molecule has 4 aromatic heterocycles. The number of carbonyl (C=O) groups excluding carboxylic acids is 2. The molecule has 8 rings (SSSR count). The molecule has 56 heavy (non-hydrogen) atoms. The van der Waals surface area contributed by atoms with E-state index < -0.39 is 23.8 Å². The van der Waals surface area contributed by atoms with E-state index in [0.29, 0.717) is 46.0 Å². The van der Waals surface area contributed by atoms with Gasteiger partial charge < -0.3 is 33.9 Å². The summed E-state index contributed by atoms with van der Waals surface area (Å²) in [6.07, 6.45) is 4.85. The zero-order chi connectivity index (χ0) is 39.7. The number of benzene rings is 2. The van der Waals surface area contributed by atoms with E-state index in [1.165, 1.54) is 55.5 Å². The summed E-state index contributed by atoms with van der Waals surface area (Å²) in [4.78, 5) is 37.4. The van der Waals surface area contributed by atoms with Crippen molar-refractivity contribution in [2.75, 3.05) is 46.5 Å². The Morgan fingerprint density at radius 1 is 0.750 bits per heavy atom. The largest absolute Gasteiger partial charge is 0.491 e. The third-order valence-corrected chi connectivity index (χ3v) is 9.82. The summed E-state index contributed by atoms with van der Waals surface area (Å²) in [6, 6.07) is 8.63. The number of aliphatic hydroxyl groups excluding tert-OH is 1. The maximum Gasteiger partial charge on any atom is 0.259 e. The lowest BCUT2D eigenvalue weighted by atomic mass is 10.1. The number of β-amino-alcohol motifs (C(OH)–C–C–N with tert-alkyl or cyclic N) is 1. The minimum Gasteiger partial charge on any atom is -0.491 e. The average molecular weight is 812 g/mol. The van der Waals surface area contributed by atoms with E-state index in [0.717, 1.165) is 0 Å². The smallest absolute Gasteiger partial charge is 0.259 e. The third kappa shape index (κ3) is 7.56. The van der Waals surface area contributed by atoms with Gasteiger partial charge in [0.1, 0.15) is 59.7 Å². The summed E-state index contributed by atoms with van der Waals surface area (Å²) in [6.45, 7) is 4.18.